The summed E-state index contributed by atoms with van der Waals surface area (Å²) in [5.74, 6) is -0.0451. The van der Waals surface area contributed by atoms with Crippen LogP contribution >= 0.6 is 11.8 Å². The van der Waals surface area contributed by atoms with Crippen molar-refractivity contribution in [3.05, 3.63) is 0 Å². The molecule has 1 rings (SSSR count). The van der Waals surface area contributed by atoms with Crippen LogP contribution in [0.4, 0.5) is 0 Å². The number of carbonyl (C=O) groups excluding carboxylic acids is 2. The molecule has 1 aliphatic heterocycles. The van der Waals surface area contributed by atoms with E-state index in [0.717, 1.165) is 24.3 Å². The van der Waals surface area contributed by atoms with Gasteiger partial charge in [0.2, 0.25) is 5.91 Å². The molecule has 0 N–H and O–H groups in total. The Morgan fingerprint density at radius 3 is 2.50 bits per heavy atom. The van der Waals surface area contributed by atoms with Gasteiger partial charge in [-0.2, -0.15) is 17.0 Å². The Bertz CT molecular complexity index is 345. The molecule has 4 nitrogen and oxygen atoms in total. The molecule has 0 aromatic rings. The smallest absolute Gasteiger partial charge is 0.247 e. The van der Waals surface area contributed by atoms with Gasteiger partial charge in [0.05, 0.1) is 6.07 Å². The molecule has 0 aliphatic carbocycles. The zero-order chi connectivity index (χ0) is 13.5. The highest BCUT2D eigenvalue weighted by Crippen LogP contribution is 2.17. The maximum absolute atomic E-state index is 12.2. The van der Waals surface area contributed by atoms with Gasteiger partial charge >= 0.3 is 0 Å². The standard InChI is InChI=1S/C13H20N2O2S/c1-3-4-10(2)12(16)11(9-14)13(17)15-5-7-18-8-6-15/h10-11H,3-8H2,1-2H3/t10-,11-/m1/s1. The van der Waals surface area contributed by atoms with Crippen molar-refractivity contribution in [3.63, 3.8) is 0 Å². The van der Waals surface area contributed by atoms with E-state index in [1.165, 1.54) is 0 Å². The molecule has 1 heterocycles. The third-order valence-electron chi connectivity index (χ3n) is 3.19. The van der Waals surface area contributed by atoms with E-state index in [4.69, 9.17) is 5.26 Å². The summed E-state index contributed by atoms with van der Waals surface area (Å²) in [5, 5.41) is 9.09. The second-order valence-electron chi connectivity index (χ2n) is 4.59. The lowest BCUT2D eigenvalue weighted by Gasteiger charge is -2.28. The van der Waals surface area contributed by atoms with Crippen LogP contribution in [-0.4, -0.2) is 41.2 Å². The van der Waals surface area contributed by atoms with Gasteiger partial charge in [0, 0.05) is 30.5 Å². The predicted octanol–water partition coefficient (Wildman–Crippen LogP) is 1.71. The van der Waals surface area contributed by atoms with Gasteiger partial charge in [0.25, 0.3) is 0 Å². The summed E-state index contributed by atoms with van der Waals surface area (Å²) in [6.45, 7) is 5.10. The van der Waals surface area contributed by atoms with E-state index < -0.39 is 5.92 Å². The largest absolute Gasteiger partial charge is 0.340 e. The Morgan fingerprint density at radius 2 is 2.00 bits per heavy atom. The molecular weight excluding hydrogens is 248 g/mol. The number of hydrogen-bond donors (Lipinski definition) is 0. The molecule has 5 heteroatoms. The third-order valence-corrected chi connectivity index (χ3v) is 4.13. The van der Waals surface area contributed by atoms with Crippen molar-refractivity contribution >= 4 is 23.5 Å². The van der Waals surface area contributed by atoms with E-state index in [9.17, 15) is 9.59 Å². The van der Waals surface area contributed by atoms with Crippen LogP contribution < -0.4 is 0 Å². The number of carbonyl (C=O) groups is 2. The fourth-order valence-electron chi connectivity index (χ4n) is 2.07. The maximum atomic E-state index is 12.2. The molecule has 1 aliphatic rings. The monoisotopic (exact) mass is 268 g/mol. The molecule has 0 bridgehead atoms. The molecule has 2 atom stereocenters. The summed E-state index contributed by atoms with van der Waals surface area (Å²) in [6.07, 6.45) is 1.62. The highest BCUT2D eigenvalue weighted by atomic mass is 32.2. The first-order chi connectivity index (χ1) is 8.61. The van der Waals surface area contributed by atoms with Gasteiger partial charge in [-0.25, -0.2) is 0 Å². The Kier molecular flexibility index (Phi) is 6.20. The lowest BCUT2D eigenvalue weighted by atomic mass is 9.91. The Labute approximate surface area is 113 Å². The Hall–Kier alpha value is -1.02. The van der Waals surface area contributed by atoms with Crippen molar-refractivity contribution in [1.82, 2.24) is 4.90 Å². The molecule has 18 heavy (non-hydrogen) atoms. The van der Waals surface area contributed by atoms with Crippen molar-refractivity contribution < 1.29 is 9.59 Å². The molecule has 1 amide bonds. The average molecular weight is 268 g/mol. The summed E-state index contributed by atoms with van der Waals surface area (Å²) >= 11 is 1.80. The number of nitrogens with zero attached hydrogens (tertiary/aromatic N) is 2. The average Bonchev–Trinajstić information content (AvgIpc) is 2.40. The minimum absolute atomic E-state index is 0.206. The van der Waals surface area contributed by atoms with Crippen LogP contribution in [0.2, 0.25) is 0 Å². The van der Waals surface area contributed by atoms with Gasteiger partial charge in [-0.15, -0.1) is 0 Å². The van der Waals surface area contributed by atoms with Crippen LogP contribution in [0, 0.1) is 23.2 Å². The van der Waals surface area contributed by atoms with Crippen LogP contribution in [0.25, 0.3) is 0 Å². The van der Waals surface area contributed by atoms with Crippen molar-refractivity contribution in [3.8, 4) is 6.07 Å². The molecule has 1 fully saturated rings. The number of ketones is 1. The normalized spacial score (nSPS) is 18.8. The van der Waals surface area contributed by atoms with E-state index in [1.54, 1.807) is 23.6 Å². The zero-order valence-corrected chi connectivity index (χ0v) is 11.8. The first-order valence-corrected chi connectivity index (χ1v) is 7.57. The molecule has 0 aromatic carbocycles. The minimum Gasteiger partial charge on any atom is -0.340 e. The van der Waals surface area contributed by atoms with Crippen LogP contribution in [0.1, 0.15) is 26.7 Å². The topological polar surface area (TPSA) is 61.2 Å². The van der Waals surface area contributed by atoms with Crippen LogP contribution in [0.15, 0.2) is 0 Å². The molecule has 1 saturated heterocycles. The zero-order valence-electron chi connectivity index (χ0n) is 11.0. The second kappa shape index (κ2) is 7.42. The lowest BCUT2D eigenvalue weighted by molar-refractivity contribution is -0.140. The van der Waals surface area contributed by atoms with Crippen molar-refractivity contribution in [2.45, 2.75) is 26.7 Å². The maximum Gasteiger partial charge on any atom is 0.247 e. The number of amides is 1. The number of nitriles is 1. The molecule has 0 radical (unpaired) electrons. The number of rotatable bonds is 5. The van der Waals surface area contributed by atoms with E-state index >= 15 is 0 Å². The predicted molar refractivity (Wildman–Crippen MR) is 72.1 cm³/mol. The van der Waals surface area contributed by atoms with Crippen LogP contribution in [0.3, 0.4) is 0 Å². The fourth-order valence-corrected chi connectivity index (χ4v) is 2.97. The lowest BCUT2D eigenvalue weighted by Crippen LogP contribution is -2.44. The summed E-state index contributed by atoms with van der Waals surface area (Å²) < 4.78 is 0. The van der Waals surface area contributed by atoms with Crippen molar-refractivity contribution in [2.75, 3.05) is 24.6 Å². The number of hydrogen-bond acceptors (Lipinski definition) is 4. The van der Waals surface area contributed by atoms with E-state index in [2.05, 4.69) is 0 Å². The van der Waals surface area contributed by atoms with Gasteiger partial charge in [0.1, 0.15) is 0 Å². The summed E-state index contributed by atoms with van der Waals surface area (Å²) in [5.41, 5.74) is 0. The Morgan fingerprint density at radius 1 is 1.39 bits per heavy atom. The van der Waals surface area contributed by atoms with Gasteiger partial charge in [-0.1, -0.05) is 20.3 Å². The van der Waals surface area contributed by atoms with Gasteiger partial charge in [-0.3, -0.25) is 9.59 Å². The van der Waals surface area contributed by atoms with Crippen LogP contribution in [0.5, 0.6) is 0 Å². The van der Waals surface area contributed by atoms with Crippen molar-refractivity contribution in [2.24, 2.45) is 11.8 Å². The van der Waals surface area contributed by atoms with E-state index in [1.807, 2.05) is 13.0 Å². The SMILES string of the molecule is CCC[C@@H](C)C(=O)[C@@H](C#N)C(=O)N1CCSCC1. The van der Waals surface area contributed by atoms with Crippen LogP contribution in [-0.2, 0) is 9.59 Å². The quantitative estimate of drug-likeness (QED) is 0.712. The number of thioether (sulfide) groups is 1. The first-order valence-electron chi connectivity index (χ1n) is 6.41. The third kappa shape index (κ3) is 3.74. The van der Waals surface area contributed by atoms with E-state index in [-0.39, 0.29) is 17.6 Å². The molecule has 0 spiro atoms. The highest BCUT2D eigenvalue weighted by molar-refractivity contribution is 7.99. The van der Waals surface area contributed by atoms with Gasteiger partial charge in [0.15, 0.2) is 11.7 Å². The minimum atomic E-state index is -1.10. The summed E-state index contributed by atoms with van der Waals surface area (Å²) in [7, 11) is 0. The summed E-state index contributed by atoms with van der Waals surface area (Å²) in [4.78, 5) is 25.9. The van der Waals surface area contributed by atoms with Gasteiger partial charge < -0.3 is 4.90 Å². The molecular formula is C13H20N2O2S. The first kappa shape index (κ1) is 15.0. The molecule has 0 saturated carbocycles. The van der Waals surface area contributed by atoms with Gasteiger partial charge in [-0.05, 0) is 6.42 Å². The fraction of sp³-hybridized carbons (Fsp3) is 0.769. The number of Topliss-reactive ketones (excluding diaryl/α,β-unsaturated/α-hetero) is 1. The summed E-state index contributed by atoms with van der Waals surface area (Å²) in [6, 6.07) is 1.89. The molecule has 0 aromatic heterocycles. The molecule has 0 unspecified atom stereocenters. The van der Waals surface area contributed by atoms with Crippen molar-refractivity contribution in [1.29, 1.82) is 5.26 Å². The van der Waals surface area contributed by atoms with E-state index in [0.29, 0.717) is 13.1 Å². The molecule has 100 valence electrons. The second-order valence-corrected chi connectivity index (χ2v) is 5.82. The highest BCUT2D eigenvalue weighted by Gasteiger charge is 2.33. The Balaban J connectivity index is 2.67.